The lowest BCUT2D eigenvalue weighted by molar-refractivity contribution is 0.0504. The summed E-state index contributed by atoms with van der Waals surface area (Å²) in [5, 5.41) is 2.63. The molecule has 0 heterocycles. The molecule has 0 aliphatic rings. The molecule has 9 heteroatoms. The Bertz CT molecular complexity index is 642. The molecule has 25 heavy (non-hydrogen) atoms. The van der Waals surface area contributed by atoms with Gasteiger partial charge in [-0.15, -0.1) is 0 Å². The molecule has 0 fully saturated rings. The average molecular weight is 392 g/mol. The zero-order valence-electron chi connectivity index (χ0n) is 14.9. The molecule has 0 aliphatic carbocycles. The van der Waals surface area contributed by atoms with Gasteiger partial charge in [-0.3, -0.25) is 4.18 Å². The fraction of sp³-hybridized carbons (Fsp3) is 0.562. The van der Waals surface area contributed by atoms with Gasteiger partial charge in [-0.2, -0.15) is 8.42 Å². The summed E-state index contributed by atoms with van der Waals surface area (Å²) in [6, 6.07) is 8.27. The lowest BCUT2D eigenvalue weighted by Gasteiger charge is -2.24. The summed E-state index contributed by atoms with van der Waals surface area (Å²) in [4.78, 5) is 12.6. The monoisotopic (exact) mass is 391 g/mol. The van der Waals surface area contributed by atoms with Gasteiger partial charge < -0.3 is 14.6 Å². The summed E-state index contributed by atoms with van der Waals surface area (Å²) < 4.78 is 44.5. The Morgan fingerprint density at radius 1 is 1.28 bits per heavy atom. The van der Waals surface area contributed by atoms with Crippen LogP contribution in [-0.4, -0.2) is 49.3 Å². The van der Waals surface area contributed by atoms with Crippen LogP contribution in [0, 0.1) is 0 Å². The number of carbonyl (C=O) groups excluding carboxylic acids is 1. The molecule has 0 saturated carbocycles. The Labute approximate surface area is 152 Å². The molecule has 0 radical (unpaired) electrons. The van der Waals surface area contributed by atoms with Gasteiger partial charge in [0.05, 0.1) is 18.9 Å². The Kier molecular flexibility index (Phi) is 8.20. The molecule has 0 aliphatic heterocycles. The van der Waals surface area contributed by atoms with Crippen LogP contribution < -0.4 is 5.32 Å². The van der Waals surface area contributed by atoms with Crippen molar-refractivity contribution in [3.05, 3.63) is 30.3 Å². The van der Waals surface area contributed by atoms with Gasteiger partial charge in [0.1, 0.15) is 11.4 Å². The van der Waals surface area contributed by atoms with E-state index in [-0.39, 0.29) is 18.8 Å². The van der Waals surface area contributed by atoms with Crippen molar-refractivity contribution in [2.24, 2.45) is 0 Å². The fourth-order valence-electron chi connectivity index (χ4n) is 1.86. The highest BCUT2D eigenvalue weighted by Gasteiger charge is 2.24. The smallest absolute Gasteiger partial charge is 0.408 e. The maximum Gasteiger partial charge on any atom is 0.408 e. The van der Waals surface area contributed by atoms with Crippen LogP contribution in [0.5, 0.6) is 0 Å². The largest absolute Gasteiger partial charge is 0.611 e. The van der Waals surface area contributed by atoms with E-state index in [0.29, 0.717) is 4.90 Å². The van der Waals surface area contributed by atoms with Crippen LogP contribution in [0.3, 0.4) is 0 Å². The van der Waals surface area contributed by atoms with E-state index < -0.39 is 39.0 Å². The van der Waals surface area contributed by atoms with Crippen LogP contribution in [-0.2, 0) is 30.2 Å². The van der Waals surface area contributed by atoms with E-state index >= 15 is 0 Å². The first-order valence-electron chi connectivity index (χ1n) is 7.73. The first-order chi connectivity index (χ1) is 11.5. The van der Waals surface area contributed by atoms with Crippen molar-refractivity contribution in [1.29, 1.82) is 0 Å². The molecular formula is C16H25NO6S2. The van der Waals surface area contributed by atoms with Gasteiger partial charge in [0.25, 0.3) is 10.1 Å². The standard InChI is InChI=1S/C16H25NO6S2/c1-16(2,3)23-15(18)17-13(10-11-22-25(4,20)21)12-24(19)14-8-6-5-7-9-14/h5-9,13H,10-12H2,1-4H3,(H,17,18)/t13-,24?/m1/s1. The van der Waals surface area contributed by atoms with Crippen molar-refractivity contribution in [3.63, 3.8) is 0 Å². The normalized spacial score (nSPS) is 14.6. The topological polar surface area (TPSA) is 105 Å². The third kappa shape index (κ3) is 10.3. The zero-order valence-corrected chi connectivity index (χ0v) is 16.5. The molecular weight excluding hydrogens is 366 g/mol. The number of hydrogen-bond acceptors (Lipinski definition) is 6. The second kappa shape index (κ2) is 9.42. The molecule has 0 bridgehead atoms. The van der Waals surface area contributed by atoms with Gasteiger partial charge in [0.2, 0.25) is 0 Å². The highest BCUT2D eigenvalue weighted by atomic mass is 32.2. The number of alkyl carbamates (subject to hydrolysis) is 1. The van der Waals surface area contributed by atoms with Gasteiger partial charge in [-0.25, -0.2) is 4.79 Å². The predicted octanol–water partition coefficient (Wildman–Crippen LogP) is 2.05. The Morgan fingerprint density at radius 3 is 2.40 bits per heavy atom. The molecule has 1 unspecified atom stereocenters. The SMILES string of the molecule is CC(C)(C)OC(=O)N[C@H](CCOS(C)(=O)=O)C[S+]([O-])c1ccccc1. The molecule has 0 aromatic heterocycles. The van der Waals surface area contributed by atoms with Crippen LogP contribution in [0.25, 0.3) is 0 Å². The number of rotatable bonds is 8. The first kappa shape index (κ1) is 21.8. The van der Waals surface area contributed by atoms with Crippen molar-refractivity contribution >= 4 is 27.4 Å². The van der Waals surface area contributed by atoms with Crippen molar-refractivity contribution in [1.82, 2.24) is 5.32 Å². The summed E-state index contributed by atoms with van der Waals surface area (Å²) in [5.41, 5.74) is -0.670. The van der Waals surface area contributed by atoms with Gasteiger partial charge in [0, 0.05) is 0 Å². The number of amides is 1. The van der Waals surface area contributed by atoms with Crippen molar-refractivity contribution < 1.29 is 26.7 Å². The predicted molar refractivity (Wildman–Crippen MR) is 96.3 cm³/mol. The zero-order chi connectivity index (χ0) is 19.1. The van der Waals surface area contributed by atoms with Gasteiger partial charge in [-0.05, 0) is 50.5 Å². The third-order valence-electron chi connectivity index (χ3n) is 2.84. The summed E-state index contributed by atoms with van der Waals surface area (Å²) in [6.07, 6.45) is 0.484. The second-order valence-electron chi connectivity index (χ2n) is 6.48. The van der Waals surface area contributed by atoms with Crippen LogP contribution in [0.4, 0.5) is 4.79 Å². The van der Waals surface area contributed by atoms with Crippen molar-refractivity contribution in [2.75, 3.05) is 18.6 Å². The molecule has 0 spiro atoms. The summed E-state index contributed by atoms with van der Waals surface area (Å²) in [6.45, 7) is 5.08. The number of carbonyl (C=O) groups is 1. The summed E-state index contributed by atoms with van der Waals surface area (Å²) in [7, 11) is -3.58. The van der Waals surface area contributed by atoms with Gasteiger partial charge >= 0.3 is 6.09 Å². The van der Waals surface area contributed by atoms with Crippen molar-refractivity contribution in [3.8, 4) is 0 Å². The minimum absolute atomic E-state index is 0.120. The number of nitrogens with one attached hydrogen (secondary N) is 1. The Morgan fingerprint density at radius 2 is 1.88 bits per heavy atom. The van der Waals surface area contributed by atoms with E-state index in [1.807, 2.05) is 6.07 Å². The number of ether oxygens (including phenoxy) is 1. The number of hydrogen-bond donors (Lipinski definition) is 1. The second-order valence-corrected chi connectivity index (χ2v) is 9.62. The van der Waals surface area contributed by atoms with E-state index in [1.54, 1.807) is 45.0 Å². The van der Waals surface area contributed by atoms with Crippen LogP contribution in [0.2, 0.25) is 0 Å². The molecule has 7 nitrogen and oxygen atoms in total. The van der Waals surface area contributed by atoms with Crippen LogP contribution >= 0.6 is 0 Å². The van der Waals surface area contributed by atoms with Gasteiger partial charge in [-0.1, -0.05) is 18.2 Å². The molecule has 1 N–H and O–H groups in total. The highest BCUT2D eigenvalue weighted by Crippen LogP contribution is 2.14. The van der Waals surface area contributed by atoms with E-state index in [9.17, 15) is 17.8 Å². The van der Waals surface area contributed by atoms with Crippen molar-refractivity contribution in [2.45, 2.75) is 43.7 Å². The summed E-state index contributed by atoms with van der Waals surface area (Å²) in [5.74, 6) is 0.121. The molecule has 1 aromatic rings. The maximum atomic E-state index is 12.4. The molecule has 1 aromatic carbocycles. The maximum absolute atomic E-state index is 12.4. The first-order valence-corrected chi connectivity index (χ1v) is 10.9. The highest BCUT2D eigenvalue weighted by molar-refractivity contribution is 7.91. The summed E-state index contributed by atoms with van der Waals surface area (Å²) >= 11 is -1.35. The van der Waals surface area contributed by atoms with E-state index in [4.69, 9.17) is 8.92 Å². The molecule has 1 rings (SSSR count). The molecule has 2 atom stereocenters. The number of benzene rings is 1. The van der Waals surface area contributed by atoms with Gasteiger partial charge in [0.15, 0.2) is 4.90 Å². The third-order valence-corrected chi connectivity index (χ3v) is 4.94. The lowest BCUT2D eigenvalue weighted by Crippen LogP contribution is -2.43. The van der Waals surface area contributed by atoms with E-state index in [1.165, 1.54) is 0 Å². The molecule has 1 amide bonds. The van der Waals surface area contributed by atoms with E-state index in [2.05, 4.69) is 5.32 Å². The molecule has 0 saturated heterocycles. The Hall–Kier alpha value is -1.29. The minimum Gasteiger partial charge on any atom is -0.611 e. The fourth-order valence-corrected chi connectivity index (χ4v) is 3.53. The van der Waals surface area contributed by atoms with E-state index in [0.717, 1.165) is 6.26 Å². The average Bonchev–Trinajstić information content (AvgIpc) is 2.44. The molecule has 142 valence electrons. The van der Waals surface area contributed by atoms with Crippen LogP contribution in [0.1, 0.15) is 27.2 Å². The minimum atomic E-state index is -3.58. The van der Waals surface area contributed by atoms with Crippen LogP contribution in [0.15, 0.2) is 35.2 Å². The lowest BCUT2D eigenvalue weighted by atomic mass is 10.2. The quantitative estimate of drug-likeness (QED) is 0.537. The Balaban J connectivity index is 2.71.